The first-order valence-corrected chi connectivity index (χ1v) is 11.7. The average Bonchev–Trinajstić information content (AvgIpc) is 3.39. The lowest BCUT2D eigenvalue weighted by atomic mass is 9.74. The molecule has 0 fully saturated rings. The smallest absolute Gasteiger partial charge is 0.141 e. The highest BCUT2D eigenvalue weighted by molar-refractivity contribution is 6.06. The molecule has 0 aliphatic carbocycles. The van der Waals surface area contributed by atoms with Crippen LogP contribution in [0.1, 0.15) is 28.3 Å². The Morgan fingerprint density at radius 2 is 1.76 bits per heavy atom. The summed E-state index contributed by atoms with van der Waals surface area (Å²) in [6.07, 6.45) is 15.6. The average molecular weight is 427 g/mol. The van der Waals surface area contributed by atoms with E-state index in [0.717, 1.165) is 24.3 Å². The molecule has 1 spiro atoms. The van der Waals surface area contributed by atoms with Gasteiger partial charge in [-0.1, -0.05) is 78.9 Å². The Hall–Kier alpha value is -3.98. The Morgan fingerprint density at radius 1 is 0.848 bits per heavy atom. The number of nitrogens with zero attached hydrogens (tertiary/aromatic N) is 2. The Morgan fingerprint density at radius 3 is 2.76 bits per heavy atom. The first kappa shape index (κ1) is 17.6. The molecular formula is C30H22N2O. The fourth-order valence-corrected chi connectivity index (χ4v) is 6.54. The summed E-state index contributed by atoms with van der Waals surface area (Å²) >= 11 is 0. The van der Waals surface area contributed by atoms with Gasteiger partial charge >= 0.3 is 0 Å². The van der Waals surface area contributed by atoms with Crippen molar-refractivity contribution in [3.8, 4) is 0 Å². The highest BCUT2D eigenvalue weighted by Gasteiger charge is 2.54. The molecular weight excluding hydrogens is 404 g/mol. The maximum atomic E-state index is 6.59. The summed E-state index contributed by atoms with van der Waals surface area (Å²) in [5.74, 6) is 0. The molecule has 158 valence electrons. The van der Waals surface area contributed by atoms with Crippen molar-refractivity contribution in [1.29, 1.82) is 0 Å². The number of furan rings is 1. The van der Waals surface area contributed by atoms with Gasteiger partial charge in [-0.05, 0) is 29.3 Å². The van der Waals surface area contributed by atoms with Gasteiger partial charge in [0, 0.05) is 40.3 Å². The summed E-state index contributed by atoms with van der Waals surface area (Å²) < 4.78 is 6.59. The molecule has 8 rings (SSSR count). The van der Waals surface area contributed by atoms with E-state index in [1.165, 1.54) is 38.7 Å². The third kappa shape index (κ3) is 2.06. The van der Waals surface area contributed by atoms with E-state index in [-0.39, 0.29) is 11.6 Å². The van der Waals surface area contributed by atoms with Crippen LogP contribution in [-0.2, 0) is 5.54 Å². The largest absolute Gasteiger partial charge is 0.456 e. The van der Waals surface area contributed by atoms with Gasteiger partial charge in [-0.15, -0.1) is 0 Å². The summed E-state index contributed by atoms with van der Waals surface area (Å²) in [5, 5.41) is 2.38. The van der Waals surface area contributed by atoms with Crippen molar-refractivity contribution in [3.63, 3.8) is 0 Å². The van der Waals surface area contributed by atoms with Gasteiger partial charge in [0.2, 0.25) is 0 Å². The molecule has 0 saturated carbocycles. The van der Waals surface area contributed by atoms with Crippen LogP contribution in [0.4, 0.5) is 0 Å². The molecule has 0 bridgehead atoms. The molecule has 5 heterocycles. The Kier molecular flexibility index (Phi) is 3.23. The molecule has 4 aliphatic rings. The van der Waals surface area contributed by atoms with Gasteiger partial charge in [-0.25, -0.2) is 0 Å². The minimum Gasteiger partial charge on any atom is -0.456 e. The molecule has 3 aromatic carbocycles. The van der Waals surface area contributed by atoms with Crippen molar-refractivity contribution in [2.24, 2.45) is 0 Å². The van der Waals surface area contributed by atoms with E-state index in [0.29, 0.717) is 0 Å². The van der Waals surface area contributed by atoms with Gasteiger partial charge < -0.3 is 14.2 Å². The van der Waals surface area contributed by atoms with Crippen LogP contribution in [0.5, 0.6) is 0 Å². The van der Waals surface area contributed by atoms with Crippen molar-refractivity contribution in [2.45, 2.75) is 11.6 Å². The second-order valence-corrected chi connectivity index (χ2v) is 9.34. The maximum Gasteiger partial charge on any atom is 0.141 e. The fraction of sp³-hybridized carbons (Fsp3) is 0.133. The quantitative estimate of drug-likeness (QED) is 0.320. The molecule has 2 atom stereocenters. The monoisotopic (exact) mass is 426 g/mol. The van der Waals surface area contributed by atoms with Crippen molar-refractivity contribution >= 4 is 27.6 Å². The molecule has 1 aromatic heterocycles. The first-order chi connectivity index (χ1) is 16.4. The summed E-state index contributed by atoms with van der Waals surface area (Å²) in [6.45, 7) is 1.80. The molecule has 4 aliphatic heterocycles. The summed E-state index contributed by atoms with van der Waals surface area (Å²) in [7, 11) is 0. The zero-order valence-electron chi connectivity index (χ0n) is 18.1. The van der Waals surface area contributed by atoms with E-state index in [4.69, 9.17) is 4.42 Å². The van der Waals surface area contributed by atoms with Gasteiger partial charge in [0.25, 0.3) is 0 Å². The molecule has 0 N–H and O–H groups in total. The van der Waals surface area contributed by atoms with E-state index in [2.05, 4.69) is 113 Å². The number of allylic oxidation sites excluding steroid dienone is 4. The van der Waals surface area contributed by atoms with Crippen molar-refractivity contribution in [2.75, 3.05) is 13.1 Å². The first-order valence-electron chi connectivity index (χ1n) is 11.7. The van der Waals surface area contributed by atoms with Crippen LogP contribution in [0, 0.1) is 0 Å². The Labute approximate surface area is 192 Å². The van der Waals surface area contributed by atoms with Crippen LogP contribution < -0.4 is 0 Å². The highest BCUT2D eigenvalue weighted by Crippen LogP contribution is 2.57. The lowest BCUT2D eigenvalue weighted by molar-refractivity contribution is 0.136. The van der Waals surface area contributed by atoms with Crippen molar-refractivity contribution in [3.05, 3.63) is 126 Å². The zero-order chi connectivity index (χ0) is 21.6. The predicted molar refractivity (Wildman–Crippen MR) is 132 cm³/mol. The second-order valence-electron chi connectivity index (χ2n) is 9.34. The van der Waals surface area contributed by atoms with E-state index in [9.17, 15) is 0 Å². The maximum absolute atomic E-state index is 6.59. The molecule has 0 amide bonds. The number of rotatable bonds is 0. The molecule has 0 saturated heterocycles. The van der Waals surface area contributed by atoms with Crippen LogP contribution in [0.3, 0.4) is 0 Å². The van der Waals surface area contributed by atoms with Gasteiger partial charge in [0.15, 0.2) is 0 Å². The molecule has 4 aromatic rings. The molecule has 0 radical (unpaired) electrons. The predicted octanol–water partition coefficient (Wildman–Crippen LogP) is 6.50. The highest BCUT2D eigenvalue weighted by atomic mass is 16.3. The molecule has 33 heavy (non-hydrogen) atoms. The van der Waals surface area contributed by atoms with E-state index >= 15 is 0 Å². The van der Waals surface area contributed by atoms with Crippen molar-refractivity contribution < 1.29 is 4.42 Å². The van der Waals surface area contributed by atoms with Crippen LogP contribution in [-0.4, -0.2) is 22.9 Å². The molecule has 1 unspecified atom stereocenters. The topological polar surface area (TPSA) is 19.6 Å². The lowest BCUT2D eigenvalue weighted by Crippen LogP contribution is -2.54. The van der Waals surface area contributed by atoms with Gasteiger partial charge in [-0.3, -0.25) is 0 Å². The van der Waals surface area contributed by atoms with Gasteiger partial charge in [0.1, 0.15) is 16.7 Å². The number of para-hydroxylation sites is 1. The van der Waals surface area contributed by atoms with Gasteiger partial charge in [-0.2, -0.15) is 0 Å². The number of benzene rings is 3. The normalized spacial score (nSPS) is 24.2. The minimum atomic E-state index is -0.262. The number of hydrogen-bond donors (Lipinski definition) is 0. The van der Waals surface area contributed by atoms with Crippen LogP contribution >= 0.6 is 0 Å². The minimum absolute atomic E-state index is 0.167. The van der Waals surface area contributed by atoms with Crippen LogP contribution in [0.25, 0.3) is 27.6 Å². The lowest BCUT2D eigenvalue weighted by Gasteiger charge is -2.51. The molecule has 3 heteroatoms. The summed E-state index contributed by atoms with van der Waals surface area (Å²) in [5.41, 5.74) is 8.41. The van der Waals surface area contributed by atoms with E-state index < -0.39 is 0 Å². The van der Waals surface area contributed by atoms with E-state index in [1.54, 1.807) is 0 Å². The van der Waals surface area contributed by atoms with Crippen LogP contribution in [0.15, 0.2) is 108 Å². The number of fused-ring (bicyclic) bond motifs is 13. The van der Waals surface area contributed by atoms with Gasteiger partial charge in [0.05, 0.1) is 12.6 Å². The second kappa shape index (κ2) is 6.08. The Bertz CT molecular complexity index is 1600. The third-order valence-corrected chi connectivity index (χ3v) is 7.86. The Balaban J connectivity index is 1.52. The SMILES string of the molecule is C1=CCN2C(=C1)c1ccccc1[C@@]21CN2C=CC=CC2c2c1ccc1c2oc2ccccc21. The van der Waals surface area contributed by atoms with E-state index in [1.807, 2.05) is 0 Å². The summed E-state index contributed by atoms with van der Waals surface area (Å²) in [6, 6.07) is 22.2. The number of hydrogen-bond acceptors (Lipinski definition) is 3. The molecule has 3 nitrogen and oxygen atoms in total. The third-order valence-electron chi connectivity index (χ3n) is 7.86. The van der Waals surface area contributed by atoms with Crippen LogP contribution in [0.2, 0.25) is 0 Å². The standard InChI is InChI=1S/C30H22N2O/c1-3-11-23-22(10-1)25-12-6-8-18-32(25)30(23)19-31-17-7-5-13-26(31)28-24(30)16-15-21-20-9-2-4-14-27(20)33-29(21)28/h1-17,26H,18-19H2/t26?,30-/m1/s1. The zero-order valence-corrected chi connectivity index (χ0v) is 18.1. The van der Waals surface area contributed by atoms with Crippen molar-refractivity contribution in [1.82, 2.24) is 9.80 Å². The fourth-order valence-electron chi connectivity index (χ4n) is 6.54. The summed E-state index contributed by atoms with van der Waals surface area (Å²) in [4.78, 5) is 5.10.